The standard InChI is InChI=1S/C16H23FNO2/c1-15(2,3)20-16(8-10-18-11-9-16)12-19-14-7-5-4-6-13(14)17/h4-8,18H,9-12H2,1-3H3. The van der Waals surface area contributed by atoms with E-state index in [0.29, 0.717) is 6.61 Å². The van der Waals surface area contributed by atoms with Crippen molar-refractivity contribution in [2.24, 2.45) is 0 Å². The maximum atomic E-state index is 13.6. The summed E-state index contributed by atoms with van der Waals surface area (Å²) in [6.45, 7) is 8.03. The number of ether oxygens (including phenoxy) is 2. The lowest BCUT2D eigenvalue weighted by Gasteiger charge is -2.41. The van der Waals surface area contributed by atoms with Gasteiger partial charge in [-0.3, -0.25) is 0 Å². The molecule has 1 fully saturated rings. The highest BCUT2D eigenvalue weighted by atomic mass is 19.1. The van der Waals surface area contributed by atoms with Gasteiger partial charge in [0.05, 0.1) is 5.60 Å². The van der Waals surface area contributed by atoms with Crippen LogP contribution in [0.2, 0.25) is 0 Å². The second-order valence-electron chi connectivity index (χ2n) is 6.16. The maximum Gasteiger partial charge on any atom is 0.165 e. The van der Waals surface area contributed by atoms with Crippen molar-refractivity contribution in [2.75, 3.05) is 19.7 Å². The first-order chi connectivity index (χ1) is 9.40. The van der Waals surface area contributed by atoms with E-state index in [4.69, 9.17) is 9.47 Å². The van der Waals surface area contributed by atoms with E-state index in [2.05, 4.69) is 11.7 Å². The van der Waals surface area contributed by atoms with Gasteiger partial charge in [-0.1, -0.05) is 12.1 Å². The molecule has 0 saturated carbocycles. The Morgan fingerprint density at radius 3 is 2.65 bits per heavy atom. The molecule has 0 amide bonds. The van der Waals surface area contributed by atoms with Gasteiger partial charge in [0, 0.05) is 13.0 Å². The summed E-state index contributed by atoms with van der Waals surface area (Å²) in [6, 6.07) is 6.46. The quantitative estimate of drug-likeness (QED) is 0.920. The molecule has 4 heteroatoms. The van der Waals surface area contributed by atoms with Crippen molar-refractivity contribution >= 4 is 0 Å². The molecule has 1 aliphatic heterocycles. The molecule has 0 spiro atoms. The normalized spacial score (nSPS) is 18.8. The highest BCUT2D eigenvalue weighted by molar-refractivity contribution is 5.24. The molecule has 1 aliphatic rings. The van der Waals surface area contributed by atoms with Crippen molar-refractivity contribution in [3.63, 3.8) is 0 Å². The number of nitrogens with one attached hydrogen (secondary N) is 1. The summed E-state index contributed by atoms with van der Waals surface area (Å²) in [4.78, 5) is 0. The van der Waals surface area contributed by atoms with Crippen molar-refractivity contribution in [2.45, 2.75) is 38.4 Å². The number of hydrogen-bond acceptors (Lipinski definition) is 3. The van der Waals surface area contributed by atoms with Crippen LogP contribution in [0.4, 0.5) is 4.39 Å². The summed E-state index contributed by atoms with van der Waals surface area (Å²) >= 11 is 0. The monoisotopic (exact) mass is 280 g/mol. The van der Waals surface area contributed by atoms with Crippen molar-refractivity contribution < 1.29 is 13.9 Å². The van der Waals surface area contributed by atoms with Gasteiger partial charge in [-0.15, -0.1) is 0 Å². The zero-order valence-electron chi connectivity index (χ0n) is 12.4. The summed E-state index contributed by atoms with van der Waals surface area (Å²) in [5.74, 6) is -0.0661. The van der Waals surface area contributed by atoms with Crippen molar-refractivity contribution in [1.29, 1.82) is 0 Å². The molecule has 1 saturated heterocycles. The largest absolute Gasteiger partial charge is 0.487 e. The molecule has 1 aromatic rings. The predicted octanol–water partition coefficient (Wildman–Crippen LogP) is 2.96. The Morgan fingerprint density at radius 2 is 2.05 bits per heavy atom. The van der Waals surface area contributed by atoms with Crippen LogP contribution < -0.4 is 10.1 Å². The van der Waals surface area contributed by atoms with Gasteiger partial charge >= 0.3 is 0 Å². The smallest absolute Gasteiger partial charge is 0.165 e. The number of para-hydroxylation sites is 1. The Balaban J connectivity index is 2.06. The lowest BCUT2D eigenvalue weighted by Crippen LogP contribution is -2.52. The third-order valence-corrected chi connectivity index (χ3v) is 3.16. The van der Waals surface area contributed by atoms with Gasteiger partial charge in [-0.05, 0) is 45.9 Å². The first-order valence-corrected chi connectivity index (χ1v) is 7.03. The van der Waals surface area contributed by atoms with Gasteiger partial charge in [-0.25, -0.2) is 4.39 Å². The minimum absolute atomic E-state index is 0.271. The highest BCUT2D eigenvalue weighted by Gasteiger charge is 2.38. The van der Waals surface area contributed by atoms with Crippen LogP contribution in [-0.2, 0) is 4.74 Å². The van der Waals surface area contributed by atoms with E-state index in [1.807, 2.05) is 20.8 Å². The molecule has 3 nitrogen and oxygen atoms in total. The summed E-state index contributed by atoms with van der Waals surface area (Å²) < 4.78 is 25.5. The Bertz CT molecular complexity index is 436. The van der Waals surface area contributed by atoms with E-state index < -0.39 is 5.60 Å². The number of piperidine rings is 1. The molecule has 1 atom stereocenters. The Morgan fingerprint density at radius 1 is 1.30 bits per heavy atom. The average Bonchev–Trinajstić information content (AvgIpc) is 2.37. The summed E-state index contributed by atoms with van der Waals surface area (Å²) in [5.41, 5.74) is -0.738. The summed E-state index contributed by atoms with van der Waals surface area (Å²) in [6.07, 6.45) is 2.90. The fraction of sp³-hybridized carbons (Fsp3) is 0.562. The Labute approximate surface area is 120 Å². The fourth-order valence-electron chi connectivity index (χ4n) is 2.39. The van der Waals surface area contributed by atoms with E-state index in [1.54, 1.807) is 18.2 Å². The van der Waals surface area contributed by atoms with Crippen LogP contribution in [0.5, 0.6) is 5.75 Å². The summed E-state index contributed by atoms with van der Waals surface area (Å²) in [7, 11) is 0. The van der Waals surface area contributed by atoms with E-state index in [-0.39, 0.29) is 17.2 Å². The minimum Gasteiger partial charge on any atom is -0.487 e. The molecule has 1 unspecified atom stereocenters. The maximum absolute atomic E-state index is 13.6. The Hall–Kier alpha value is -1.13. The molecular weight excluding hydrogens is 257 g/mol. The molecule has 1 aromatic carbocycles. The first kappa shape index (κ1) is 15.3. The van der Waals surface area contributed by atoms with Gasteiger partial charge in [0.1, 0.15) is 12.2 Å². The topological polar surface area (TPSA) is 30.5 Å². The average molecular weight is 280 g/mol. The second-order valence-corrected chi connectivity index (χ2v) is 6.16. The van der Waals surface area contributed by atoms with Crippen LogP contribution >= 0.6 is 0 Å². The second kappa shape index (κ2) is 6.10. The van der Waals surface area contributed by atoms with Gasteiger partial charge in [0.15, 0.2) is 11.6 Å². The number of rotatable bonds is 4. The third kappa shape index (κ3) is 4.18. The van der Waals surface area contributed by atoms with Crippen molar-refractivity contribution in [3.8, 4) is 5.75 Å². The minimum atomic E-state index is -0.466. The Kier molecular flexibility index (Phi) is 4.66. The van der Waals surface area contributed by atoms with E-state index in [1.165, 1.54) is 6.07 Å². The van der Waals surface area contributed by atoms with Crippen LogP contribution in [0.1, 0.15) is 27.2 Å². The predicted molar refractivity (Wildman–Crippen MR) is 77.3 cm³/mol. The van der Waals surface area contributed by atoms with E-state index in [9.17, 15) is 4.39 Å². The van der Waals surface area contributed by atoms with Crippen LogP contribution in [0.25, 0.3) is 0 Å². The molecule has 1 radical (unpaired) electrons. The van der Waals surface area contributed by atoms with Crippen LogP contribution in [0, 0.1) is 12.2 Å². The zero-order valence-corrected chi connectivity index (χ0v) is 12.4. The molecule has 1 N–H and O–H groups in total. The van der Waals surface area contributed by atoms with Gasteiger partial charge in [0.2, 0.25) is 0 Å². The number of halogens is 1. The van der Waals surface area contributed by atoms with E-state index >= 15 is 0 Å². The molecule has 111 valence electrons. The SMILES string of the molecule is CC(C)(C)OC1(COc2ccccc2F)[CH]CNCC1. The molecule has 0 aromatic heterocycles. The van der Waals surface area contributed by atoms with Crippen molar-refractivity contribution in [3.05, 3.63) is 36.5 Å². The van der Waals surface area contributed by atoms with Crippen LogP contribution in [0.15, 0.2) is 24.3 Å². The summed E-state index contributed by atoms with van der Waals surface area (Å²) in [5, 5.41) is 3.27. The van der Waals surface area contributed by atoms with Gasteiger partial charge in [-0.2, -0.15) is 0 Å². The molecule has 0 aliphatic carbocycles. The first-order valence-electron chi connectivity index (χ1n) is 7.03. The van der Waals surface area contributed by atoms with Gasteiger partial charge in [0.25, 0.3) is 0 Å². The zero-order chi connectivity index (χ0) is 14.6. The molecule has 2 rings (SSSR count). The lowest BCUT2D eigenvalue weighted by atomic mass is 9.91. The molecule has 1 heterocycles. The fourth-order valence-corrected chi connectivity index (χ4v) is 2.39. The van der Waals surface area contributed by atoms with Crippen LogP contribution in [0.3, 0.4) is 0 Å². The highest BCUT2D eigenvalue weighted by Crippen LogP contribution is 2.29. The van der Waals surface area contributed by atoms with E-state index in [0.717, 1.165) is 19.5 Å². The molecule has 0 bridgehead atoms. The van der Waals surface area contributed by atoms with Crippen LogP contribution in [-0.4, -0.2) is 30.9 Å². The van der Waals surface area contributed by atoms with Crippen molar-refractivity contribution in [1.82, 2.24) is 5.32 Å². The number of hydrogen-bond donors (Lipinski definition) is 1. The lowest BCUT2D eigenvalue weighted by molar-refractivity contribution is -0.138. The van der Waals surface area contributed by atoms with Gasteiger partial charge < -0.3 is 14.8 Å². The third-order valence-electron chi connectivity index (χ3n) is 3.16. The number of benzene rings is 1. The molecular formula is C16H23FNO2. The molecule has 20 heavy (non-hydrogen) atoms.